The van der Waals surface area contributed by atoms with Gasteiger partial charge in [0.05, 0.1) is 11.7 Å². The summed E-state index contributed by atoms with van der Waals surface area (Å²) in [5, 5.41) is 0. The average molecular weight is 260 g/mol. The Hall–Kier alpha value is -0.830. The van der Waals surface area contributed by atoms with Crippen molar-refractivity contribution >= 4 is 0 Å². The quantitative estimate of drug-likeness (QED) is 0.887. The number of hydrogen-bond donors (Lipinski definition) is 1. The van der Waals surface area contributed by atoms with Crippen molar-refractivity contribution in [3.8, 4) is 0 Å². The summed E-state index contributed by atoms with van der Waals surface area (Å²) < 4.78 is 5.80. The predicted octanol–water partition coefficient (Wildman–Crippen LogP) is 3.36. The summed E-state index contributed by atoms with van der Waals surface area (Å²) in [7, 11) is 0. The van der Waals surface area contributed by atoms with Crippen LogP contribution in [-0.4, -0.2) is 4.98 Å². The first-order valence-electron chi connectivity index (χ1n) is 7.81. The number of nitrogens with two attached hydrogens (primary N) is 1. The SMILES string of the molecule is Cc1nc(C(N)C2C3CC4CC(C3)CC2C4)oc1C. The smallest absolute Gasteiger partial charge is 0.211 e. The summed E-state index contributed by atoms with van der Waals surface area (Å²) >= 11 is 0. The first kappa shape index (κ1) is 12.0. The number of aromatic nitrogens is 1. The third-order valence-corrected chi connectivity index (χ3v) is 6.04. The van der Waals surface area contributed by atoms with E-state index in [2.05, 4.69) is 4.98 Å². The molecule has 0 saturated heterocycles. The highest BCUT2D eigenvalue weighted by Crippen LogP contribution is 2.58. The molecule has 2 N–H and O–H groups in total. The van der Waals surface area contributed by atoms with Gasteiger partial charge in [-0.1, -0.05) is 0 Å². The van der Waals surface area contributed by atoms with E-state index in [1.165, 1.54) is 32.1 Å². The summed E-state index contributed by atoms with van der Waals surface area (Å²) in [5.74, 6) is 5.99. The maximum atomic E-state index is 6.55. The average Bonchev–Trinajstić information content (AvgIpc) is 2.68. The van der Waals surface area contributed by atoms with E-state index in [9.17, 15) is 0 Å². The van der Waals surface area contributed by atoms with E-state index in [0.29, 0.717) is 5.92 Å². The van der Waals surface area contributed by atoms with Crippen LogP contribution >= 0.6 is 0 Å². The molecule has 0 aromatic carbocycles. The molecule has 3 nitrogen and oxygen atoms in total. The van der Waals surface area contributed by atoms with Gasteiger partial charge in [-0.25, -0.2) is 4.98 Å². The molecule has 1 heterocycles. The van der Waals surface area contributed by atoms with Crippen LogP contribution in [0, 0.1) is 43.4 Å². The van der Waals surface area contributed by atoms with Crippen molar-refractivity contribution in [3.05, 3.63) is 17.3 Å². The molecule has 19 heavy (non-hydrogen) atoms. The lowest BCUT2D eigenvalue weighted by Gasteiger charge is -2.55. The maximum absolute atomic E-state index is 6.55. The van der Waals surface area contributed by atoms with Crippen molar-refractivity contribution in [3.63, 3.8) is 0 Å². The van der Waals surface area contributed by atoms with Crippen molar-refractivity contribution in [1.82, 2.24) is 4.98 Å². The highest BCUT2D eigenvalue weighted by atomic mass is 16.4. The minimum absolute atomic E-state index is 0.0161. The minimum Gasteiger partial charge on any atom is -0.444 e. The molecule has 0 aliphatic heterocycles. The molecule has 0 amide bonds. The van der Waals surface area contributed by atoms with Crippen LogP contribution in [0.3, 0.4) is 0 Å². The monoisotopic (exact) mass is 260 g/mol. The van der Waals surface area contributed by atoms with Gasteiger partial charge in [0.1, 0.15) is 5.76 Å². The van der Waals surface area contributed by atoms with E-state index in [0.717, 1.165) is 41.0 Å². The van der Waals surface area contributed by atoms with E-state index < -0.39 is 0 Å². The second-order valence-corrected chi connectivity index (χ2v) is 7.23. The highest BCUT2D eigenvalue weighted by molar-refractivity contribution is 5.10. The number of oxazole rings is 1. The van der Waals surface area contributed by atoms with Crippen LogP contribution in [0.1, 0.15) is 55.5 Å². The largest absolute Gasteiger partial charge is 0.444 e. The van der Waals surface area contributed by atoms with Crippen LogP contribution in [0.5, 0.6) is 0 Å². The van der Waals surface area contributed by atoms with Gasteiger partial charge >= 0.3 is 0 Å². The van der Waals surface area contributed by atoms with Gasteiger partial charge in [-0.2, -0.15) is 0 Å². The van der Waals surface area contributed by atoms with Gasteiger partial charge in [0.25, 0.3) is 0 Å². The molecule has 1 aromatic rings. The van der Waals surface area contributed by atoms with Crippen LogP contribution in [-0.2, 0) is 0 Å². The minimum atomic E-state index is 0.0161. The highest BCUT2D eigenvalue weighted by Gasteiger charge is 2.50. The molecule has 4 aliphatic rings. The Bertz CT molecular complexity index is 445. The van der Waals surface area contributed by atoms with Gasteiger partial charge in [0, 0.05) is 0 Å². The van der Waals surface area contributed by atoms with Crippen molar-refractivity contribution in [1.29, 1.82) is 0 Å². The third kappa shape index (κ3) is 1.78. The number of rotatable bonds is 2. The van der Waals surface area contributed by atoms with E-state index >= 15 is 0 Å². The second kappa shape index (κ2) is 4.08. The Morgan fingerprint density at radius 1 is 1.05 bits per heavy atom. The lowest BCUT2D eigenvalue weighted by atomic mass is 9.50. The van der Waals surface area contributed by atoms with Gasteiger partial charge in [-0.15, -0.1) is 0 Å². The fourth-order valence-electron chi connectivity index (χ4n) is 5.36. The lowest BCUT2D eigenvalue weighted by molar-refractivity contribution is -0.0503. The molecule has 1 unspecified atom stereocenters. The first-order valence-corrected chi connectivity index (χ1v) is 7.81. The molecule has 0 spiro atoms. The predicted molar refractivity (Wildman–Crippen MR) is 73.4 cm³/mol. The van der Waals surface area contributed by atoms with Gasteiger partial charge in [0.15, 0.2) is 0 Å². The second-order valence-electron chi connectivity index (χ2n) is 7.23. The fraction of sp³-hybridized carbons (Fsp3) is 0.812. The van der Waals surface area contributed by atoms with Crippen LogP contribution < -0.4 is 5.73 Å². The normalized spacial score (nSPS) is 41.7. The molecular weight excluding hydrogens is 236 g/mol. The van der Waals surface area contributed by atoms with Crippen LogP contribution in [0.25, 0.3) is 0 Å². The van der Waals surface area contributed by atoms with Crippen molar-refractivity contribution in [2.75, 3.05) is 0 Å². The standard InChI is InChI=1S/C16H24N2O/c1-8-9(2)19-16(18-8)15(17)14-12-4-10-3-11(6-12)7-13(14)5-10/h10-15H,3-7,17H2,1-2H3. The molecule has 4 bridgehead atoms. The molecule has 4 saturated carbocycles. The van der Waals surface area contributed by atoms with E-state index in [1.54, 1.807) is 0 Å². The number of aryl methyl sites for hydroxylation is 2. The Morgan fingerprint density at radius 2 is 1.63 bits per heavy atom. The fourth-order valence-corrected chi connectivity index (χ4v) is 5.36. The van der Waals surface area contributed by atoms with Gasteiger partial charge in [-0.3, -0.25) is 0 Å². The number of hydrogen-bond acceptors (Lipinski definition) is 3. The molecule has 104 valence electrons. The molecule has 4 fully saturated rings. The summed E-state index contributed by atoms with van der Waals surface area (Å²) in [6.07, 6.45) is 7.12. The molecular formula is C16H24N2O. The third-order valence-electron chi connectivity index (χ3n) is 6.04. The summed E-state index contributed by atoms with van der Waals surface area (Å²) in [4.78, 5) is 4.55. The van der Waals surface area contributed by atoms with Crippen LogP contribution in [0.15, 0.2) is 4.42 Å². The summed E-state index contributed by atoms with van der Waals surface area (Å²) in [6, 6.07) is 0.0161. The van der Waals surface area contributed by atoms with Gasteiger partial charge < -0.3 is 10.2 Å². The zero-order valence-corrected chi connectivity index (χ0v) is 11.9. The summed E-state index contributed by atoms with van der Waals surface area (Å²) in [6.45, 7) is 3.99. The molecule has 1 atom stereocenters. The Labute approximate surface area is 115 Å². The van der Waals surface area contributed by atoms with E-state index in [-0.39, 0.29) is 6.04 Å². The van der Waals surface area contributed by atoms with Crippen LogP contribution in [0.4, 0.5) is 0 Å². The Morgan fingerprint density at radius 3 is 2.11 bits per heavy atom. The number of nitrogens with zero attached hydrogens (tertiary/aromatic N) is 1. The molecule has 4 aliphatic carbocycles. The molecule has 3 heteroatoms. The molecule has 1 aromatic heterocycles. The maximum Gasteiger partial charge on any atom is 0.211 e. The molecule has 0 radical (unpaired) electrons. The van der Waals surface area contributed by atoms with Gasteiger partial charge in [0.2, 0.25) is 5.89 Å². The Balaban J connectivity index is 1.61. The van der Waals surface area contributed by atoms with Crippen molar-refractivity contribution in [2.45, 2.75) is 52.0 Å². The topological polar surface area (TPSA) is 52.0 Å². The van der Waals surface area contributed by atoms with Crippen LogP contribution in [0.2, 0.25) is 0 Å². The van der Waals surface area contributed by atoms with E-state index in [4.69, 9.17) is 10.2 Å². The zero-order valence-electron chi connectivity index (χ0n) is 11.9. The van der Waals surface area contributed by atoms with Crippen molar-refractivity contribution < 1.29 is 4.42 Å². The van der Waals surface area contributed by atoms with Gasteiger partial charge in [-0.05, 0) is 75.5 Å². The summed E-state index contributed by atoms with van der Waals surface area (Å²) in [5.41, 5.74) is 7.54. The zero-order chi connectivity index (χ0) is 13.1. The lowest BCUT2D eigenvalue weighted by Crippen LogP contribution is -2.48. The van der Waals surface area contributed by atoms with E-state index in [1.807, 2.05) is 13.8 Å². The van der Waals surface area contributed by atoms with Crippen molar-refractivity contribution in [2.24, 2.45) is 35.3 Å². The Kier molecular flexibility index (Phi) is 2.57. The first-order chi connectivity index (χ1) is 9.11. The molecule has 5 rings (SSSR count).